The second-order valence-electron chi connectivity index (χ2n) is 5.88. The topological polar surface area (TPSA) is 53.8 Å². The molecular formula is C18H21N3OS. The Morgan fingerprint density at radius 1 is 1.26 bits per heavy atom. The van der Waals surface area contributed by atoms with Crippen molar-refractivity contribution >= 4 is 22.3 Å². The predicted octanol–water partition coefficient (Wildman–Crippen LogP) is 4.12. The van der Waals surface area contributed by atoms with E-state index < -0.39 is 11.2 Å². The average molecular weight is 327 g/mol. The van der Waals surface area contributed by atoms with Crippen molar-refractivity contribution in [1.82, 2.24) is 14.5 Å². The van der Waals surface area contributed by atoms with Gasteiger partial charge < -0.3 is 9.12 Å². The van der Waals surface area contributed by atoms with Gasteiger partial charge in [0.15, 0.2) is 10.5 Å². The van der Waals surface area contributed by atoms with Crippen molar-refractivity contribution in [2.24, 2.45) is 0 Å². The van der Waals surface area contributed by atoms with E-state index in [0.29, 0.717) is 5.75 Å². The normalized spacial score (nSPS) is 13.0. The first-order valence-corrected chi connectivity index (χ1v) is 9.17. The molecule has 1 atom stereocenters. The van der Waals surface area contributed by atoms with Gasteiger partial charge in [0.1, 0.15) is 17.1 Å². The fourth-order valence-electron chi connectivity index (χ4n) is 2.77. The van der Waals surface area contributed by atoms with Crippen molar-refractivity contribution in [3.8, 4) is 11.4 Å². The van der Waals surface area contributed by atoms with Crippen LogP contribution in [0.1, 0.15) is 32.4 Å². The molecule has 0 radical (unpaired) electrons. The van der Waals surface area contributed by atoms with Gasteiger partial charge in [-0.25, -0.2) is 9.97 Å². The number of pyridine rings is 1. The van der Waals surface area contributed by atoms with Gasteiger partial charge in [0.05, 0.1) is 5.56 Å². The van der Waals surface area contributed by atoms with Gasteiger partial charge in [0.2, 0.25) is 0 Å². The standard InChI is InChI=1S/C18H21N3OS/c1-5-23(22)16-9-7-6-8-14(16)17-20-15-10-13(4)11-19-18(15)21(17)12(2)3/h6-12H,5H2,1-4H3. The number of nitrogens with zero attached hydrogens (tertiary/aromatic N) is 3. The molecule has 0 aliphatic carbocycles. The molecule has 0 saturated heterocycles. The molecule has 0 saturated carbocycles. The average Bonchev–Trinajstić information content (AvgIpc) is 2.92. The zero-order valence-electron chi connectivity index (χ0n) is 13.9. The van der Waals surface area contributed by atoms with Crippen LogP contribution in [-0.4, -0.2) is 24.8 Å². The van der Waals surface area contributed by atoms with E-state index >= 15 is 0 Å². The van der Waals surface area contributed by atoms with E-state index in [1.165, 1.54) is 0 Å². The quantitative estimate of drug-likeness (QED) is 0.677. The van der Waals surface area contributed by atoms with Crippen LogP contribution in [0, 0.1) is 6.92 Å². The highest BCUT2D eigenvalue weighted by Gasteiger charge is 2.22. The molecule has 4 nitrogen and oxygen atoms in total. The van der Waals surface area contributed by atoms with Gasteiger partial charge in [-0.1, -0.05) is 12.1 Å². The third kappa shape index (κ3) is 2.86. The van der Waals surface area contributed by atoms with E-state index in [9.17, 15) is 4.55 Å². The van der Waals surface area contributed by atoms with Crippen molar-refractivity contribution in [3.63, 3.8) is 0 Å². The van der Waals surface area contributed by atoms with Crippen LogP contribution >= 0.6 is 0 Å². The summed E-state index contributed by atoms with van der Waals surface area (Å²) in [5, 5.41) is 0. The van der Waals surface area contributed by atoms with Gasteiger partial charge >= 0.3 is 0 Å². The van der Waals surface area contributed by atoms with Crippen LogP contribution in [0.5, 0.6) is 0 Å². The molecular weight excluding hydrogens is 306 g/mol. The maximum Gasteiger partial charge on any atom is 0.163 e. The van der Waals surface area contributed by atoms with Gasteiger partial charge in [0.25, 0.3) is 0 Å². The van der Waals surface area contributed by atoms with Gasteiger partial charge in [-0.05, 0) is 62.6 Å². The van der Waals surface area contributed by atoms with Crippen LogP contribution in [0.15, 0.2) is 41.4 Å². The van der Waals surface area contributed by atoms with Crippen LogP contribution in [0.4, 0.5) is 0 Å². The van der Waals surface area contributed by atoms with Crippen LogP contribution in [0.25, 0.3) is 22.6 Å². The second kappa shape index (κ2) is 6.34. The smallest absolute Gasteiger partial charge is 0.163 e. The molecule has 0 N–H and O–H groups in total. The van der Waals surface area contributed by atoms with Gasteiger partial charge in [-0.3, -0.25) is 0 Å². The molecule has 1 aromatic carbocycles. The van der Waals surface area contributed by atoms with Crippen LogP contribution < -0.4 is 0 Å². The highest BCUT2D eigenvalue weighted by atomic mass is 32.2. The summed E-state index contributed by atoms with van der Waals surface area (Å²) in [5.74, 6) is 1.43. The molecule has 0 amide bonds. The molecule has 0 spiro atoms. The van der Waals surface area contributed by atoms with Crippen molar-refractivity contribution in [3.05, 3.63) is 42.1 Å². The van der Waals surface area contributed by atoms with Crippen LogP contribution in [-0.2, 0) is 11.2 Å². The number of rotatable bonds is 4. The Morgan fingerprint density at radius 3 is 2.70 bits per heavy atom. The molecule has 3 aromatic rings. The zero-order valence-corrected chi connectivity index (χ0v) is 14.7. The number of aromatic nitrogens is 3. The molecule has 23 heavy (non-hydrogen) atoms. The number of hydrogen-bond donors (Lipinski definition) is 0. The van der Waals surface area contributed by atoms with E-state index in [-0.39, 0.29) is 6.04 Å². The molecule has 0 bridgehead atoms. The molecule has 5 heteroatoms. The third-order valence-corrected chi connectivity index (χ3v) is 5.19. The lowest BCUT2D eigenvalue weighted by Gasteiger charge is -2.16. The number of imidazole rings is 1. The molecule has 1 unspecified atom stereocenters. The lowest BCUT2D eigenvalue weighted by molar-refractivity contribution is 0.595. The number of benzene rings is 1. The van der Waals surface area contributed by atoms with E-state index in [2.05, 4.69) is 23.4 Å². The highest BCUT2D eigenvalue weighted by molar-refractivity contribution is 7.91. The predicted molar refractivity (Wildman–Crippen MR) is 95.0 cm³/mol. The Hall–Kier alpha value is -1.85. The van der Waals surface area contributed by atoms with E-state index in [1.807, 2.05) is 50.4 Å². The van der Waals surface area contributed by atoms with E-state index in [1.54, 1.807) is 0 Å². The molecule has 120 valence electrons. The summed E-state index contributed by atoms with van der Waals surface area (Å²) < 4.78 is 14.5. The van der Waals surface area contributed by atoms with Gasteiger partial charge in [-0.15, -0.1) is 0 Å². The largest absolute Gasteiger partial charge is 0.611 e. The fourth-order valence-corrected chi connectivity index (χ4v) is 3.71. The van der Waals surface area contributed by atoms with E-state index in [4.69, 9.17) is 4.98 Å². The molecule has 0 aliphatic heterocycles. The van der Waals surface area contributed by atoms with Crippen LogP contribution in [0.2, 0.25) is 0 Å². The highest BCUT2D eigenvalue weighted by Crippen LogP contribution is 2.32. The lowest BCUT2D eigenvalue weighted by atomic mass is 10.2. The minimum absolute atomic E-state index is 0.216. The third-order valence-electron chi connectivity index (χ3n) is 3.82. The van der Waals surface area contributed by atoms with Crippen molar-refractivity contribution < 1.29 is 4.55 Å². The number of aryl methyl sites for hydroxylation is 1. The Morgan fingerprint density at radius 2 is 2.00 bits per heavy atom. The zero-order chi connectivity index (χ0) is 16.6. The van der Waals surface area contributed by atoms with Crippen molar-refractivity contribution in [2.75, 3.05) is 5.75 Å². The fraction of sp³-hybridized carbons (Fsp3) is 0.333. The van der Waals surface area contributed by atoms with Crippen molar-refractivity contribution in [1.29, 1.82) is 0 Å². The van der Waals surface area contributed by atoms with Gasteiger partial charge in [0, 0.05) is 12.2 Å². The summed E-state index contributed by atoms with van der Waals surface area (Å²) >= 11 is -1.02. The Labute approximate surface area is 139 Å². The Bertz CT molecular complexity index is 841. The number of hydrogen-bond acceptors (Lipinski definition) is 3. The molecule has 0 aliphatic rings. The Balaban J connectivity index is 2.30. The SMILES string of the molecule is CC[S+]([O-])c1ccccc1-c1nc2cc(C)cnc2n1C(C)C. The summed E-state index contributed by atoms with van der Waals surface area (Å²) in [6, 6.07) is 10.1. The molecule has 2 aromatic heterocycles. The summed E-state index contributed by atoms with van der Waals surface area (Å²) in [4.78, 5) is 10.2. The first-order valence-electron chi connectivity index (χ1n) is 7.85. The summed E-state index contributed by atoms with van der Waals surface area (Å²) in [7, 11) is 0. The first kappa shape index (κ1) is 16.0. The molecule has 0 fully saturated rings. The summed E-state index contributed by atoms with van der Waals surface area (Å²) in [5.41, 5.74) is 3.77. The maximum atomic E-state index is 12.4. The van der Waals surface area contributed by atoms with Gasteiger partial charge in [-0.2, -0.15) is 0 Å². The molecule has 2 heterocycles. The minimum atomic E-state index is -1.02. The van der Waals surface area contributed by atoms with Crippen LogP contribution in [0.3, 0.4) is 0 Å². The molecule has 3 rings (SSSR count). The second-order valence-corrected chi connectivity index (χ2v) is 7.59. The van der Waals surface area contributed by atoms with Crippen molar-refractivity contribution in [2.45, 2.75) is 38.6 Å². The first-order chi connectivity index (χ1) is 11.0. The summed E-state index contributed by atoms with van der Waals surface area (Å²) in [6.45, 7) is 8.18. The number of fused-ring (bicyclic) bond motifs is 1. The maximum absolute atomic E-state index is 12.4. The summed E-state index contributed by atoms with van der Waals surface area (Å²) in [6.07, 6.45) is 1.86. The Kier molecular flexibility index (Phi) is 4.41. The monoisotopic (exact) mass is 327 g/mol. The van der Waals surface area contributed by atoms with E-state index in [0.717, 1.165) is 33.0 Å². The minimum Gasteiger partial charge on any atom is -0.611 e. The lowest BCUT2D eigenvalue weighted by Crippen LogP contribution is -2.09.